The van der Waals surface area contributed by atoms with Crippen molar-refractivity contribution in [2.45, 2.75) is 45.3 Å². The van der Waals surface area contributed by atoms with Crippen LogP contribution in [0.3, 0.4) is 0 Å². The van der Waals surface area contributed by atoms with Gasteiger partial charge in [-0.3, -0.25) is 9.59 Å². The summed E-state index contributed by atoms with van der Waals surface area (Å²) in [5.41, 5.74) is 4.99. The number of aromatic nitrogens is 1. The van der Waals surface area contributed by atoms with E-state index in [0.717, 1.165) is 79.6 Å². The zero-order valence-corrected chi connectivity index (χ0v) is 19.7. The third-order valence-corrected chi connectivity index (χ3v) is 6.79. The quantitative estimate of drug-likeness (QED) is 0.497. The van der Waals surface area contributed by atoms with E-state index in [4.69, 9.17) is 4.74 Å². The molecule has 0 spiro atoms. The topological polar surface area (TPSA) is 86.5 Å². The standard InChI is InChI=1S/C27H32N4O3/c1-18-13-26(32)30-24-8-7-20(15-22(18)24)29-27(33)23-14-19(16-28-17-21-5-4-12-34-21)6-9-25(23)31-10-2-3-11-31/h6-9,13-15,21,28H,2-5,10-12,16-17H2,1H3,(H,29,33)(H,30,32). The molecule has 3 aromatic rings. The van der Waals surface area contributed by atoms with Gasteiger partial charge in [-0.05, 0) is 74.1 Å². The molecule has 5 rings (SSSR count). The van der Waals surface area contributed by atoms with Crippen molar-refractivity contribution in [3.63, 3.8) is 0 Å². The summed E-state index contributed by atoms with van der Waals surface area (Å²) >= 11 is 0. The number of nitrogens with one attached hydrogen (secondary N) is 3. The van der Waals surface area contributed by atoms with Gasteiger partial charge in [-0.2, -0.15) is 0 Å². The number of carbonyl (C=O) groups is 1. The fraction of sp³-hybridized carbons (Fsp3) is 0.407. The van der Waals surface area contributed by atoms with Crippen molar-refractivity contribution in [3.05, 3.63) is 69.5 Å². The predicted molar refractivity (Wildman–Crippen MR) is 136 cm³/mol. The molecule has 0 radical (unpaired) electrons. The Labute approximate surface area is 199 Å². The van der Waals surface area contributed by atoms with Crippen LogP contribution in [0.15, 0.2) is 47.3 Å². The van der Waals surface area contributed by atoms with Crippen LogP contribution in [0.1, 0.15) is 47.2 Å². The van der Waals surface area contributed by atoms with Gasteiger partial charge in [0.05, 0.1) is 11.7 Å². The Morgan fingerprint density at radius 2 is 1.97 bits per heavy atom. The van der Waals surface area contributed by atoms with Crippen molar-refractivity contribution in [3.8, 4) is 0 Å². The second-order valence-corrected chi connectivity index (χ2v) is 9.34. The minimum Gasteiger partial charge on any atom is -0.377 e. The SMILES string of the molecule is Cc1cc(=O)[nH]c2ccc(NC(=O)c3cc(CNCC4CCCO4)ccc3N3CCCC3)cc12. The third-order valence-electron chi connectivity index (χ3n) is 6.79. The number of pyridine rings is 1. The van der Waals surface area contributed by atoms with E-state index in [0.29, 0.717) is 17.8 Å². The van der Waals surface area contributed by atoms with E-state index in [9.17, 15) is 9.59 Å². The Bertz CT molecular complexity index is 1240. The van der Waals surface area contributed by atoms with Crippen molar-refractivity contribution < 1.29 is 9.53 Å². The number of hydrogen-bond acceptors (Lipinski definition) is 5. The van der Waals surface area contributed by atoms with Gasteiger partial charge in [0.2, 0.25) is 5.56 Å². The van der Waals surface area contributed by atoms with E-state index in [-0.39, 0.29) is 17.6 Å². The molecular weight excluding hydrogens is 428 g/mol. The lowest BCUT2D eigenvalue weighted by Gasteiger charge is -2.22. The van der Waals surface area contributed by atoms with Crippen LogP contribution >= 0.6 is 0 Å². The van der Waals surface area contributed by atoms with E-state index >= 15 is 0 Å². The minimum absolute atomic E-state index is 0.121. The molecule has 7 nitrogen and oxygen atoms in total. The van der Waals surface area contributed by atoms with E-state index in [1.54, 1.807) is 6.07 Å². The van der Waals surface area contributed by atoms with Crippen molar-refractivity contribution >= 4 is 28.2 Å². The maximum Gasteiger partial charge on any atom is 0.257 e. The molecule has 2 aromatic carbocycles. The van der Waals surface area contributed by atoms with E-state index in [2.05, 4.69) is 32.7 Å². The molecule has 3 heterocycles. The molecule has 1 aromatic heterocycles. The lowest BCUT2D eigenvalue weighted by atomic mass is 10.1. The zero-order chi connectivity index (χ0) is 23.5. The highest BCUT2D eigenvalue weighted by Crippen LogP contribution is 2.28. The van der Waals surface area contributed by atoms with Crippen LogP contribution in [0, 0.1) is 6.92 Å². The lowest BCUT2D eigenvalue weighted by molar-refractivity contribution is 0.102. The number of benzene rings is 2. The lowest BCUT2D eigenvalue weighted by Crippen LogP contribution is -2.26. The van der Waals surface area contributed by atoms with Gasteiger partial charge < -0.3 is 25.3 Å². The van der Waals surface area contributed by atoms with Crippen molar-refractivity contribution in [1.82, 2.24) is 10.3 Å². The molecule has 2 fully saturated rings. The van der Waals surface area contributed by atoms with Gasteiger partial charge in [0.1, 0.15) is 0 Å². The number of hydrogen-bond donors (Lipinski definition) is 3. The molecule has 1 unspecified atom stereocenters. The number of amides is 1. The summed E-state index contributed by atoms with van der Waals surface area (Å²) < 4.78 is 5.70. The molecule has 2 aliphatic heterocycles. The number of anilines is 2. The van der Waals surface area contributed by atoms with Crippen LogP contribution in [-0.4, -0.2) is 43.2 Å². The Kier molecular flexibility index (Phi) is 6.65. The highest BCUT2D eigenvalue weighted by Gasteiger charge is 2.21. The van der Waals surface area contributed by atoms with Gasteiger partial charge in [0, 0.05) is 61.1 Å². The number of ether oxygens (including phenoxy) is 1. The summed E-state index contributed by atoms with van der Waals surface area (Å²) in [6.07, 6.45) is 4.82. The van der Waals surface area contributed by atoms with Crippen LogP contribution in [-0.2, 0) is 11.3 Å². The molecule has 1 atom stereocenters. The van der Waals surface area contributed by atoms with Crippen LogP contribution in [0.25, 0.3) is 10.9 Å². The number of aromatic amines is 1. The van der Waals surface area contributed by atoms with Crippen molar-refractivity contribution in [2.75, 3.05) is 36.5 Å². The number of rotatable bonds is 7. The summed E-state index contributed by atoms with van der Waals surface area (Å²) in [5.74, 6) is -0.121. The molecule has 0 saturated carbocycles. The average molecular weight is 461 g/mol. The van der Waals surface area contributed by atoms with Crippen LogP contribution in [0.4, 0.5) is 11.4 Å². The number of carbonyl (C=O) groups excluding carboxylic acids is 1. The van der Waals surface area contributed by atoms with Gasteiger partial charge >= 0.3 is 0 Å². The van der Waals surface area contributed by atoms with Crippen LogP contribution in [0.5, 0.6) is 0 Å². The maximum atomic E-state index is 13.5. The first-order valence-electron chi connectivity index (χ1n) is 12.2. The highest BCUT2D eigenvalue weighted by atomic mass is 16.5. The fourth-order valence-corrected chi connectivity index (χ4v) is 4.99. The van der Waals surface area contributed by atoms with Gasteiger partial charge in [0.15, 0.2) is 0 Å². The Hall–Kier alpha value is -3.16. The molecule has 2 saturated heterocycles. The summed E-state index contributed by atoms with van der Waals surface area (Å²) in [6, 6.07) is 13.4. The Morgan fingerprint density at radius 3 is 2.76 bits per heavy atom. The Balaban J connectivity index is 1.37. The molecular formula is C27H32N4O3. The van der Waals surface area contributed by atoms with Gasteiger partial charge in [0.25, 0.3) is 5.91 Å². The van der Waals surface area contributed by atoms with E-state index in [1.165, 1.54) is 0 Å². The zero-order valence-electron chi connectivity index (χ0n) is 19.7. The highest BCUT2D eigenvalue weighted by molar-refractivity contribution is 6.09. The average Bonchev–Trinajstić information content (AvgIpc) is 3.54. The second kappa shape index (κ2) is 9.99. The molecule has 0 bridgehead atoms. The van der Waals surface area contributed by atoms with E-state index in [1.807, 2.05) is 31.2 Å². The minimum atomic E-state index is -0.123. The summed E-state index contributed by atoms with van der Waals surface area (Å²) in [4.78, 5) is 30.4. The summed E-state index contributed by atoms with van der Waals surface area (Å²) in [6.45, 7) is 6.23. The molecule has 34 heavy (non-hydrogen) atoms. The number of H-pyrrole nitrogens is 1. The predicted octanol–water partition coefficient (Wildman–Crippen LogP) is 3.96. The summed E-state index contributed by atoms with van der Waals surface area (Å²) in [5, 5.41) is 7.49. The molecule has 3 N–H and O–H groups in total. The molecule has 178 valence electrons. The first kappa shape index (κ1) is 22.6. The summed E-state index contributed by atoms with van der Waals surface area (Å²) in [7, 11) is 0. The van der Waals surface area contributed by atoms with Crippen LogP contribution in [0.2, 0.25) is 0 Å². The van der Waals surface area contributed by atoms with Gasteiger partial charge in [-0.15, -0.1) is 0 Å². The number of aryl methyl sites for hydroxylation is 1. The van der Waals surface area contributed by atoms with Gasteiger partial charge in [-0.1, -0.05) is 6.07 Å². The third kappa shape index (κ3) is 5.00. The fourth-order valence-electron chi connectivity index (χ4n) is 4.99. The van der Waals surface area contributed by atoms with Crippen molar-refractivity contribution in [1.29, 1.82) is 0 Å². The maximum absolute atomic E-state index is 13.5. The van der Waals surface area contributed by atoms with Crippen LogP contribution < -0.4 is 21.1 Å². The smallest absolute Gasteiger partial charge is 0.257 e. The molecule has 2 aliphatic rings. The largest absolute Gasteiger partial charge is 0.377 e. The first-order valence-corrected chi connectivity index (χ1v) is 12.2. The van der Waals surface area contributed by atoms with Crippen molar-refractivity contribution in [2.24, 2.45) is 0 Å². The number of nitrogens with zero attached hydrogens (tertiary/aromatic N) is 1. The molecule has 1 amide bonds. The van der Waals surface area contributed by atoms with E-state index < -0.39 is 0 Å². The molecule has 0 aliphatic carbocycles. The molecule has 7 heteroatoms. The Morgan fingerprint density at radius 1 is 1.12 bits per heavy atom. The monoisotopic (exact) mass is 460 g/mol. The van der Waals surface area contributed by atoms with Gasteiger partial charge in [-0.25, -0.2) is 0 Å². The second-order valence-electron chi connectivity index (χ2n) is 9.34. The number of fused-ring (bicyclic) bond motifs is 1. The normalized spacial score (nSPS) is 18.0. The first-order chi connectivity index (χ1) is 16.6.